The van der Waals surface area contributed by atoms with Crippen LogP contribution in [0.4, 0.5) is 0 Å². The standard InChI is InChI=1S/C83H162O17P2/c1-6-9-12-15-18-21-24-27-30-32-33-35-38-41-44-47-54-59-64-69-82(87)99-78(72-93-80(85)66-61-56-51-45-42-39-37-34-31-28-25-22-19-16-13-10-7-2)74-97-101(89,90)95-70-77(84)71-96-102(91,92)98-75-79(73-94-81(86)67-62-57-52-49-48-50-55-60-65-76(4)5)100-83(88)68-63-58-53-46-43-40-36-29-26-23-20-17-14-11-8-3/h76-79,84H,6-75H2,1-5H3,(H,89,90)(H,91,92)/t77-,78-,79-/m1/s1. The lowest BCUT2D eigenvalue weighted by Crippen LogP contribution is -2.30. The number of carbonyl (C=O) groups is 4. The molecule has 0 fully saturated rings. The zero-order valence-electron chi connectivity index (χ0n) is 66.8. The Morgan fingerprint density at radius 3 is 0.667 bits per heavy atom. The van der Waals surface area contributed by atoms with Gasteiger partial charge in [0, 0.05) is 25.7 Å². The molecule has 0 aromatic heterocycles. The van der Waals surface area contributed by atoms with Crippen LogP contribution in [-0.4, -0.2) is 96.7 Å². The van der Waals surface area contributed by atoms with Gasteiger partial charge < -0.3 is 33.8 Å². The summed E-state index contributed by atoms with van der Waals surface area (Å²) in [5, 5.41) is 10.7. The monoisotopic (exact) mass is 1490 g/mol. The van der Waals surface area contributed by atoms with Gasteiger partial charge >= 0.3 is 39.5 Å². The van der Waals surface area contributed by atoms with E-state index >= 15 is 0 Å². The number of ether oxygens (including phenoxy) is 4. The fourth-order valence-corrected chi connectivity index (χ4v) is 14.5. The molecule has 0 aliphatic heterocycles. The third kappa shape index (κ3) is 76.3. The molecular weight excluding hydrogens is 1330 g/mol. The summed E-state index contributed by atoms with van der Waals surface area (Å²) in [7, 11) is -9.92. The van der Waals surface area contributed by atoms with Gasteiger partial charge in [-0.15, -0.1) is 0 Å². The Balaban J connectivity index is 5.24. The van der Waals surface area contributed by atoms with Crippen molar-refractivity contribution in [2.24, 2.45) is 5.92 Å². The average molecular weight is 1490 g/mol. The molecule has 2 unspecified atom stereocenters. The molecule has 0 aromatic carbocycles. The second-order valence-electron chi connectivity index (χ2n) is 30.3. The number of hydrogen-bond donors (Lipinski definition) is 3. The van der Waals surface area contributed by atoms with Crippen LogP contribution in [0, 0.1) is 5.92 Å². The summed E-state index contributed by atoms with van der Waals surface area (Å²) in [5.74, 6) is -1.38. The van der Waals surface area contributed by atoms with Crippen molar-refractivity contribution in [2.75, 3.05) is 39.6 Å². The third-order valence-corrected chi connectivity index (χ3v) is 21.4. The molecule has 102 heavy (non-hydrogen) atoms. The van der Waals surface area contributed by atoms with Gasteiger partial charge in [0.25, 0.3) is 0 Å². The van der Waals surface area contributed by atoms with E-state index in [4.69, 9.17) is 37.0 Å². The van der Waals surface area contributed by atoms with Crippen LogP contribution in [0.5, 0.6) is 0 Å². The van der Waals surface area contributed by atoms with Crippen LogP contribution in [0.2, 0.25) is 0 Å². The Hall–Kier alpha value is -1.94. The number of phosphoric acid groups is 2. The minimum atomic E-state index is -4.96. The van der Waals surface area contributed by atoms with Gasteiger partial charge in [0.05, 0.1) is 26.4 Å². The van der Waals surface area contributed by atoms with Crippen molar-refractivity contribution < 1.29 is 80.2 Å². The highest BCUT2D eigenvalue weighted by atomic mass is 31.2. The predicted octanol–water partition coefficient (Wildman–Crippen LogP) is 25.2. The van der Waals surface area contributed by atoms with Gasteiger partial charge in [0.1, 0.15) is 19.3 Å². The van der Waals surface area contributed by atoms with Crippen LogP contribution < -0.4 is 0 Å². The highest BCUT2D eigenvalue weighted by Crippen LogP contribution is 2.45. The van der Waals surface area contributed by atoms with Crippen LogP contribution in [-0.2, 0) is 65.4 Å². The second-order valence-corrected chi connectivity index (χ2v) is 33.3. The molecule has 3 N–H and O–H groups in total. The highest BCUT2D eigenvalue weighted by molar-refractivity contribution is 7.47. The molecular formula is C83H162O17P2. The first kappa shape index (κ1) is 100. The first-order valence-electron chi connectivity index (χ1n) is 43.1. The lowest BCUT2D eigenvalue weighted by molar-refractivity contribution is -0.161. The number of carbonyl (C=O) groups excluding carboxylic acids is 4. The number of phosphoric ester groups is 2. The van der Waals surface area contributed by atoms with E-state index in [1.807, 2.05) is 0 Å². The first-order valence-corrected chi connectivity index (χ1v) is 46.1. The van der Waals surface area contributed by atoms with Gasteiger partial charge in [0.2, 0.25) is 0 Å². The summed E-state index contributed by atoms with van der Waals surface area (Å²) in [6, 6.07) is 0. The summed E-state index contributed by atoms with van der Waals surface area (Å²) in [6.45, 7) is 7.32. The Bertz CT molecular complexity index is 1940. The van der Waals surface area contributed by atoms with E-state index in [9.17, 15) is 43.2 Å². The molecule has 0 amide bonds. The van der Waals surface area contributed by atoms with Gasteiger partial charge in [-0.1, -0.05) is 394 Å². The van der Waals surface area contributed by atoms with E-state index < -0.39 is 97.5 Å². The van der Waals surface area contributed by atoms with Crippen LogP contribution in [0.15, 0.2) is 0 Å². The molecule has 19 heteroatoms. The highest BCUT2D eigenvalue weighted by Gasteiger charge is 2.30. The maximum atomic E-state index is 13.1. The van der Waals surface area contributed by atoms with E-state index in [1.165, 1.54) is 270 Å². The van der Waals surface area contributed by atoms with Crippen LogP contribution in [0.25, 0.3) is 0 Å². The van der Waals surface area contributed by atoms with Crippen molar-refractivity contribution in [2.45, 2.75) is 464 Å². The van der Waals surface area contributed by atoms with Crippen molar-refractivity contribution in [3.05, 3.63) is 0 Å². The number of aliphatic hydroxyl groups is 1. The Labute approximate surface area is 626 Å². The SMILES string of the molecule is CCCCCCCCCCCCCCCCCCCCCC(=O)O[C@H](COC(=O)CCCCCCCCCCCCCCCCCCC)COP(=O)(O)OC[C@@H](O)COP(=O)(O)OC[C@@H](COC(=O)CCCCCCCCCCC(C)C)OC(=O)CCCCCCCCCCCCCCCCC. The summed E-state index contributed by atoms with van der Waals surface area (Å²) in [4.78, 5) is 73.1. The fraction of sp³-hybridized carbons (Fsp3) is 0.952. The molecule has 0 bridgehead atoms. The lowest BCUT2D eigenvalue weighted by atomic mass is 10.0. The molecule has 0 aliphatic carbocycles. The topological polar surface area (TPSA) is 237 Å². The molecule has 0 spiro atoms. The number of esters is 4. The number of rotatable bonds is 83. The van der Waals surface area contributed by atoms with E-state index in [0.29, 0.717) is 25.7 Å². The summed E-state index contributed by atoms with van der Waals surface area (Å²) < 4.78 is 68.8. The Kier molecular flexibility index (Phi) is 74.4. The van der Waals surface area contributed by atoms with Crippen molar-refractivity contribution in [1.29, 1.82) is 0 Å². The van der Waals surface area contributed by atoms with E-state index in [1.54, 1.807) is 0 Å². The molecule has 0 rings (SSSR count). The van der Waals surface area contributed by atoms with Crippen LogP contribution in [0.1, 0.15) is 446 Å². The zero-order chi connectivity index (χ0) is 74.8. The molecule has 0 heterocycles. The summed E-state index contributed by atoms with van der Waals surface area (Å²) in [6.07, 6.45) is 68.0. The normalized spacial score (nSPS) is 13.8. The quantitative estimate of drug-likeness (QED) is 0.0222. The van der Waals surface area contributed by atoms with Crippen LogP contribution in [0.3, 0.4) is 0 Å². The number of aliphatic hydroxyl groups excluding tert-OH is 1. The smallest absolute Gasteiger partial charge is 0.462 e. The first-order chi connectivity index (χ1) is 49.5. The van der Waals surface area contributed by atoms with Crippen molar-refractivity contribution in [3.8, 4) is 0 Å². The van der Waals surface area contributed by atoms with Crippen LogP contribution >= 0.6 is 15.6 Å². The maximum absolute atomic E-state index is 13.1. The van der Waals surface area contributed by atoms with Crippen molar-refractivity contribution in [1.82, 2.24) is 0 Å². The maximum Gasteiger partial charge on any atom is 0.472 e. The second kappa shape index (κ2) is 75.9. The zero-order valence-corrected chi connectivity index (χ0v) is 68.5. The average Bonchev–Trinajstić information content (AvgIpc) is 1.02. The predicted molar refractivity (Wildman–Crippen MR) is 418 cm³/mol. The van der Waals surface area contributed by atoms with E-state index in [-0.39, 0.29) is 25.7 Å². The van der Waals surface area contributed by atoms with Gasteiger partial charge in [-0.3, -0.25) is 37.3 Å². The molecule has 5 atom stereocenters. The Morgan fingerprint density at radius 1 is 0.265 bits per heavy atom. The van der Waals surface area contributed by atoms with Gasteiger partial charge in [-0.2, -0.15) is 0 Å². The molecule has 0 aromatic rings. The molecule has 0 aliphatic rings. The summed E-state index contributed by atoms with van der Waals surface area (Å²) >= 11 is 0. The molecule has 0 saturated carbocycles. The Morgan fingerprint density at radius 2 is 0.451 bits per heavy atom. The molecule has 17 nitrogen and oxygen atoms in total. The van der Waals surface area contributed by atoms with Gasteiger partial charge in [-0.25, -0.2) is 9.13 Å². The molecule has 606 valence electrons. The molecule has 0 saturated heterocycles. The lowest BCUT2D eigenvalue weighted by Gasteiger charge is -2.21. The van der Waals surface area contributed by atoms with Gasteiger partial charge in [-0.05, 0) is 31.6 Å². The number of unbranched alkanes of at least 4 members (excludes halogenated alkanes) is 55. The minimum absolute atomic E-state index is 0.108. The number of hydrogen-bond acceptors (Lipinski definition) is 15. The largest absolute Gasteiger partial charge is 0.472 e. The van der Waals surface area contributed by atoms with Gasteiger partial charge in [0.15, 0.2) is 12.2 Å². The fourth-order valence-electron chi connectivity index (χ4n) is 12.9. The molecule has 0 radical (unpaired) electrons. The minimum Gasteiger partial charge on any atom is -0.462 e. The van der Waals surface area contributed by atoms with Crippen molar-refractivity contribution >= 4 is 39.5 Å². The van der Waals surface area contributed by atoms with E-state index in [2.05, 4.69) is 34.6 Å². The summed E-state index contributed by atoms with van der Waals surface area (Å²) in [5.41, 5.74) is 0. The van der Waals surface area contributed by atoms with Crippen molar-refractivity contribution in [3.63, 3.8) is 0 Å². The third-order valence-electron chi connectivity index (χ3n) is 19.5. The van der Waals surface area contributed by atoms with E-state index in [0.717, 1.165) is 95.8 Å².